The average molecular weight is 482 g/mol. The van der Waals surface area contributed by atoms with E-state index in [9.17, 15) is 0 Å². The van der Waals surface area contributed by atoms with Crippen LogP contribution < -0.4 is 0 Å². The summed E-state index contributed by atoms with van der Waals surface area (Å²) in [6.07, 6.45) is 9.81. The maximum Gasteiger partial charge on any atom is 0.136 e. The lowest BCUT2D eigenvalue weighted by atomic mass is 9.80. The van der Waals surface area contributed by atoms with Crippen molar-refractivity contribution in [1.29, 1.82) is 0 Å². The molecule has 0 N–H and O–H groups in total. The van der Waals surface area contributed by atoms with Crippen LogP contribution in [0.5, 0.6) is 0 Å². The van der Waals surface area contributed by atoms with Crippen molar-refractivity contribution in [1.82, 2.24) is 4.90 Å². The van der Waals surface area contributed by atoms with Crippen LogP contribution >= 0.6 is 0 Å². The maximum atomic E-state index is 16.2. The summed E-state index contributed by atoms with van der Waals surface area (Å²) in [5.74, 6) is 0. The van der Waals surface area contributed by atoms with Crippen LogP contribution in [0.4, 0.5) is 8.78 Å². The second-order valence-corrected chi connectivity index (χ2v) is 11.3. The fraction of sp³-hybridized carbons (Fsp3) is 0.625. The van der Waals surface area contributed by atoms with Gasteiger partial charge in [-0.2, -0.15) is 0 Å². The molecule has 0 spiro atoms. The van der Waals surface area contributed by atoms with Crippen LogP contribution in [-0.4, -0.2) is 23.5 Å². The van der Waals surface area contributed by atoms with E-state index in [-0.39, 0.29) is 0 Å². The molecule has 0 amide bonds. The molecule has 2 aromatic rings. The topological polar surface area (TPSA) is 3.24 Å². The van der Waals surface area contributed by atoms with Gasteiger partial charge in [-0.3, -0.25) is 4.90 Å². The van der Waals surface area contributed by atoms with Crippen LogP contribution in [0, 0.1) is 0 Å². The van der Waals surface area contributed by atoms with E-state index in [2.05, 4.69) is 56.0 Å². The molecule has 2 aromatic carbocycles. The third kappa shape index (κ3) is 5.98. The molecule has 192 valence electrons. The van der Waals surface area contributed by atoms with E-state index in [1.54, 1.807) is 0 Å². The molecule has 2 fully saturated rings. The van der Waals surface area contributed by atoms with Gasteiger partial charge in [0.2, 0.25) is 0 Å². The molecule has 0 bridgehead atoms. The summed E-state index contributed by atoms with van der Waals surface area (Å²) < 4.78 is 32.3. The Bertz CT molecular complexity index is 886. The first kappa shape index (κ1) is 26.3. The third-order valence-corrected chi connectivity index (χ3v) is 8.77. The highest BCUT2D eigenvalue weighted by Crippen LogP contribution is 2.49. The summed E-state index contributed by atoms with van der Waals surface area (Å²) in [5, 5.41) is 0. The molecule has 0 saturated heterocycles. The lowest BCUT2D eigenvalue weighted by Gasteiger charge is -2.36. The van der Waals surface area contributed by atoms with Crippen LogP contribution in [0.15, 0.2) is 48.5 Å². The van der Waals surface area contributed by atoms with Gasteiger partial charge in [0, 0.05) is 18.6 Å². The van der Waals surface area contributed by atoms with Crippen molar-refractivity contribution in [3.8, 4) is 0 Å². The number of hydrogen-bond acceptors (Lipinski definition) is 1. The summed E-state index contributed by atoms with van der Waals surface area (Å²) in [4.78, 5) is 2.61. The van der Waals surface area contributed by atoms with Gasteiger partial charge in [0.25, 0.3) is 0 Å². The maximum absolute atomic E-state index is 16.2. The number of nitrogens with zero attached hydrogens (tertiary/aromatic N) is 1. The molecule has 0 aromatic heterocycles. The van der Waals surface area contributed by atoms with Crippen LogP contribution in [0.3, 0.4) is 0 Å². The summed E-state index contributed by atoms with van der Waals surface area (Å²) in [6.45, 7) is 7.82. The first-order chi connectivity index (χ1) is 16.9. The molecule has 0 radical (unpaired) electrons. The zero-order valence-corrected chi connectivity index (χ0v) is 22.2. The van der Waals surface area contributed by atoms with Crippen molar-refractivity contribution in [2.75, 3.05) is 6.54 Å². The quantitative estimate of drug-likeness (QED) is 0.310. The van der Waals surface area contributed by atoms with Crippen LogP contribution in [-0.2, 0) is 24.2 Å². The summed E-state index contributed by atoms with van der Waals surface area (Å²) in [7, 11) is 0. The molecule has 0 heterocycles. The van der Waals surface area contributed by atoms with E-state index in [4.69, 9.17) is 0 Å². The van der Waals surface area contributed by atoms with E-state index >= 15 is 8.78 Å². The fourth-order valence-electron chi connectivity index (χ4n) is 6.79. The normalized spacial score (nSPS) is 20.1. The second kappa shape index (κ2) is 11.5. The van der Waals surface area contributed by atoms with Crippen LogP contribution in [0.25, 0.3) is 0 Å². The van der Waals surface area contributed by atoms with Gasteiger partial charge in [-0.15, -0.1) is 0 Å². The van der Waals surface area contributed by atoms with E-state index < -0.39 is 11.3 Å². The number of rotatable bonds is 11. The van der Waals surface area contributed by atoms with Gasteiger partial charge < -0.3 is 0 Å². The van der Waals surface area contributed by atoms with Gasteiger partial charge in [-0.25, -0.2) is 8.78 Å². The molecular weight excluding hydrogens is 436 g/mol. The Balaban J connectivity index is 1.58. The van der Waals surface area contributed by atoms with Crippen LogP contribution in [0.2, 0.25) is 0 Å². The van der Waals surface area contributed by atoms with Gasteiger partial charge >= 0.3 is 0 Å². The first-order valence-electron chi connectivity index (χ1n) is 14.2. The molecule has 2 aliphatic rings. The molecule has 1 atom stereocenters. The predicted molar refractivity (Wildman–Crippen MR) is 143 cm³/mol. The second-order valence-electron chi connectivity index (χ2n) is 11.3. The Labute approximate surface area is 212 Å². The first-order valence-corrected chi connectivity index (χ1v) is 14.2. The standard InChI is InChI=1S/C32H45F2N/c1-4-27(35(25(2)3)24-19-26-13-6-5-7-14-26)17-18-28-29(31(33)20-8-9-21-31)15-12-16-30(28)32(34)22-10-11-23-32/h5-7,12-16,25,27H,4,8-11,17-24H2,1-3H3. The van der Waals surface area contributed by atoms with E-state index in [0.29, 0.717) is 37.8 Å². The highest BCUT2D eigenvalue weighted by Gasteiger charge is 2.42. The molecule has 35 heavy (non-hydrogen) atoms. The molecule has 4 rings (SSSR count). The average Bonchev–Trinajstić information content (AvgIpc) is 3.51. The lowest BCUT2D eigenvalue weighted by molar-refractivity contribution is 0.139. The molecule has 1 unspecified atom stereocenters. The van der Waals surface area contributed by atoms with Crippen molar-refractivity contribution in [3.05, 3.63) is 70.8 Å². The largest absolute Gasteiger partial charge is 0.298 e. The van der Waals surface area contributed by atoms with E-state index in [0.717, 1.165) is 74.6 Å². The zero-order valence-electron chi connectivity index (χ0n) is 22.2. The third-order valence-electron chi connectivity index (χ3n) is 8.77. The lowest BCUT2D eigenvalue weighted by Crippen LogP contribution is -2.42. The minimum absolute atomic E-state index is 0.401. The number of halogens is 2. The fourth-order valence-corrected chi connectivity index (χ4v) is 6.79. The summed E-state index contributed by atoms with van der Waals surface area (Å²) >= 11 is 0. The van der Waals surface area contributed by atoms with Gasteiger partial charge in [0.15, 0.2) is 0 Å². The Morgan fingerprint density at radius 1 is 0.771 bits per heavy atom. The Kier molecular flexibility index (Phi) is 8.68. The monoisotopic (exact) mass is 481 g/mol. The number of hydrogen-bond donors (Lipinski definition) is 0. The molecule has 2 saturated carbocycles. The molecule has 1 nitrogen and oxygen atoms in total. The van der Waals surface area contributed by atoms with Gasteiger partial charge in [-0.1, -0.05) is 55.5 Å². The Morgan fingerprint density at radius 3 is 1.80 bits per heavy atom. The van der Waals surface area contributed by atoms with Gasteiger partial charge in [0.05, 0.1) is 0 Å². The SMILES string of the molecule is CCC(CCc1c(C2(F)CCCC2)cccc1C1(F)CCCC1)N(CCc1ccccc1)C(C)C. The highest BCUT2D eigenvalue weighted by molar-refractivity contribution is 5.43. The van der Waals surface area contributed by atoms with Crippen molar-refractivity contribution >= 4 is 0 Å². The van der Waals surface area contributed by atoms with Crippen LogP contribution in [0.1, 0.15) is 107 Å². The van der Waals surface area contributed by atoms with E-state index in [1.165, 1.54) is 5.56 Å². The van der Waals surface area contributed by atoms with E-state index in [1.807, 2.05) is 18.2 Å². The molecule has 0 aliphatic heterocycles. The minimum Gasteiger partial charge on any atom is -0.298 e. The predicted octanol–water partition coefficient (Wildman–Crippen LogP) is 8.83. The van der Waals surface area contributed by atoms with Crippen molar-refractivity contribution < 1.29 is 8.78 Å². The van der Waals surface area contributed by atoms with Crippen molar-refractivity contribution in [2.24, 2.45) is 0 Å². The van der Waals surface area contributed by atoms with Gasteiger partial charge in [-0.05, 0) is 113 Å². The Hall–Kier alpha value is -1.74. The minimum atomic E-state index is -1.28. The molecular formula is C32H45F2N. The number of alkyl halides is 2. The smallest absolute Gasteiger partial charge is 0.136 e. The van der Waals surface area contributed by atoms with Gasteiger partial charge in [0.1, 0.15) is 11.3 Å². The molecule has 2 aliphatic carbocycles. The Morgan fingerprint density at radius 2 is 1.31 bits per heavy atom. The zero-order chi connectivity index (χ0) is 24.9. The summed E-state index contributed by atoms with van der Waals surface area (Å²) in [6, 6.07) is 17.4. The van der Waals surface area contributed by atoms with Crippen molar-refractivity contribution in [3.63, 3.8) is 0 Å². The molecule has 3 heteroatoms. The van der Waals surface area contributed by atoms with Crippen molar-refractivity contribution in [2.45, 2.75) is 121 Å². The highest BCUT2D eigenvalue weighted by atomic mass is 19.1. The summed E-state index contributed by atoms with van der Waals surface area (Å²) in [5.41, 5.74) is 1.38. The number of benzene rings is 2.